The number of benzene rings is 1. The van der Waals surface area contributed by atoms with E-state index >= 15 is 0 Å². The fourth-order valence-electron chi connectivity index (χ4n) is 3.18. The van der Waals surface area contributed by atoms with E-state index in [2.05, 4.69) is 50.2 Å². The van der Waals surface area contributed by atoms with Gasteiger partial charge < -0.3 is 26.0 Å². The zero-order chi connectivity index (χ0) is 19.9. The minimum atomic E-state index is -1.04. The van der Waals surface area contributed by atoms with Crippen LogP contribution in [0.3, 0.4) is 0 Å². The Kier molecular flexibility index (Phi) is 7.07. The largest absolute Gasteiger partial charge is 0.480 e. The van der Waals surface area contributed by atoms with Crippen LogP contribution in [0.4, 0.5) is 0 Å². The number of carboxylic acid groups (broad SMARTS) is 1. The molecular formula is C19H25N5O3S. The van der Waals surface area contributed by atoms with Gasteiger partial charge in [0.05, 0.1) is 12.5 Å². The normalized spacial score (nSPS) is 20.0. The van der Waals surface area contributed by atoms with Gasteiger partial charge in [-0.3, -0.25) is 4.79 Å². The number of aromatic nitrogens is 2. The lowest BCUT2D eigenvalue weighted by Gasteiger charge is -2.16. The molecule has 1 saturated heterocycles. The number of thioether (sulfide) groups is 1. The van der Waals surface area contributed by atoms with Crippen molar-refractivity contribution in [3.8, 4) is 0 Å². The van der Waals surface area contributed by atoms with E-state index < -0.39 is 17.9 Å². The summed E-state index contributed by atoms with van der Waals surface area (Å²) in [5.41, 5.74) is 2.73. The molecule has 1 fully saturated rings. The van der Waals surface area contributed by atoms with Crippen LogP contribution < -0.4 is 16.0 Å². The number of hydrogen-bond donors (Lipinski definition) is 5. The molecule has 1 aromatic carbocycles. The van der Waals surface area contributed by atoms with Gasteiger partial charge in [-0.1, -0.05) is 24.3 Å². The minimum Gasteiger partial charge on any atom is -0.480 e. The summed E-state index contributed by atoms with van der Waals surface area (Å²) in [7, 11) is 1.93. The number of nitrogens with zero attached hydrogens (tertiary/aromatic N) is 1. The Morgan fingerprint density at radius 2 is 2.14 bits per heavy atom. The number of imidazole rings is 1. The molecule has 150 valence electrons. The molecule has 0 spiro atoms. The first-order valence-electron chi connectivity index (χ1n) is 9.17. The van der Waals surface area contributed by atoms with E-state index in [0.717, 1.165) is 19.5 Å². The molecule has 9 heteroatoms. The van der Waals surface area contributed by atoms with E-state index in [4.69, 9.17) is 0 Å². The minimum absolute atomic E-state index is 0.251. The van der Waals surface area contributed by atoms with E-state index in [0.29, 0.717) is 11.0 Å². The average Bonchev–Trinajstić information content (AvgIpc) is 3.38. The van der Waals surface area contributed by atoms with Crippen molar-refractivity contribution in [1.29, 1.82) is 0 Å². The van der Waals surface area contributed by atoms with Gasteiger partial charge in [-0.15, -0.1) is 0 Å². The predicted octanol–water partition coefficient (Wildman–Crippen LogP) is 1.15. The van der Waals surface area contributed by atoms with Crippen molar-refractivity contribution in [3.63, 3.8) is 0 Å². The molecule has 28 heavy (non-hydrogen) atoms. The van der Waals surface area contributed by atoms with Gasteiger partial charge in [-0.2, -0.15) is 11.8 Å². The number of carbonyl (C=O) groups excluding carboxylic acids is 1. The van der Waals surface area contributed by atoms with Crippen LogP contribution in [0.25, 0.3) is 0 Å². The maximum atomic E-state index is 12.1. The maximum absolute atomic E-state index is 12.1. The lowest BCUT2D eigenvalue weighted by Crippen LogP contribution is -2.43. The first-order valence-corrected chi connectivity index (χ1v) is 10.2. The quantitative estimate of drug-likeness (QED) is 0.426. The lowest BCUT2D eigenvalue weighted by molar-refractivity contribution is -0.138. The highest BCUT2D eigenvalue weighted by molar-refractivity contribution is 8.00. The molecule has 2 heterocycles. The van der Waals surface area contributed by atoms with Gasteiger partial charge in [0.2, 0.25) is 0 Å². The second-order valence-electron chi connectivity index (χ2n) is 6.75. The second-order valence-corrected chi connectivity index (χ2v) is 8.09. The van der Waals surface area contributed by atoms with E-state index in [-0.39, 0.29) is 11.7 Å². The number of amides is 1. The summed E-state index contributed by atoms with van der Waals surface area (Å²) >= 11 is 1.58. The molecule has 0 radical (unpaired) electrons. The molecule has 3 atom stereocenters. The predicted molar refractivity (Wildman–Crippen MR) is 108 cm³/mol. The fourth-order valence-corrected chi connectivity index (χ4v) is 4.41. The third-order valence-electron chi connectivity index (χ3n) is 4.70. The zero-order valence-corrected chi connectivity index (χ0v) is 16.5. The molecule has 1 aromatic heterocycles. The highest BCUT2D eigenvalue weighted by Crippen LogP contribution is 2.30. The van der Waals surface area contributed by atoms with Crippen molar-refractivity contribution in [3.05, 3.63) is 53.6 Å². The highest BCUT2D eigenvalue weighted by atomic mass is 32.2. The Morgan fingerprint density at radius 3 is 2.79 bits per heavy atom. The number of H-pyrrole nitrogens is 1. The van der Waals surface area contributed by atoms with Crippen LogP contribution >= 0.6 is 11.8 Å². The lowest BCUT2D eigenvalue weighted by atomic mass is 10.0. The molecule has 8 nitrogen and oxygen atoms in total. The van der Waals surface area contributed by atoms with E-state index in [1.165, 1.54) is 23.7 Å². The molecule has 0 saturated carbocycles. The molecular weight excluding hydrogens is 378 g/mol. The fraction of sp³-hybridized carbons (Fsp3) is 0.421. The number of aromatic amines is 1. The highest BCUT2D eigenvalue weighted by Gasteiger charge is 2.28. The van der Waals surface area contributed by atoms with Crippen molar-refractivity contribution >= 4 is 23.6 Å². The Balaban J connectivity index is 1.49. The molecule has 2 aromatic rings. The number of nitrogens with one attached hydrogen (secondary N) is 4. The van der Waals surface area contributed by atoms with Crippen molar-refractivity contribution < 1.29 is 14.7 Å². The molecule has 1 unspecified atom stereocenters. The topological polar surface area (TPSA) is 119 Å². The summed E-state index contributed by atoms with van der Waals surface area (Å²) < 4.78 is 0. The van der Waals surface area contributed by atoms with Crippen LogP contribution in [0.15, 0.2) is 36.8 Å². The number of carbonyl (C=O) groups is 2. The van der Waals surface area contributed by atoms with E-state index in [1.807, 2.05) is 7.05 Å². The summed E-state index contributed by atoms with van der Waals surface area (Å²) in [6.45, 7) is 1.66. The van der Waals surface area contributed by atoms with E-state index in [1.54, 1.807) is 11.8 Å². The second kappa shape index (κ2) is 9.72. The Morgan fingerprint density at radius 1 is 1.36 bits per heavy atom. The Hall–Kier alpha value is -2.36. The van der Waals surface area contributed by atoms with Crippen LogP contribution in [0, 0.1) is 0 Å². The molecule has 3 rings (SSSR count). The molecule has 0 bridgehead atoms. The number of hydrogen-bond acceptors (Lipinski definition) is 6. The van der Waals surface area contributed by atoms with Gasteiger partial charge in [0, 0.05) is 30.1 Å². The van der Waals surface area contributed by atoms with Gasteiger partial charge in [0.25, 0.3) is 5.91 Å². The first-order chi connectivity index (χ1) is 13.6. The Bertz CT molecular complexity index is 781. The van der Waals surface area contributed by atoms with Crippen molar-refractivity contribution in [2.24, 2.45) is 0 Å². The molecule has 1 amide bonds. The van der Waals surface area contributed by atoms with Crippen molar-refractivity contribution in [2.45, 2.75) is 30.3 Å². The van der Waals surface area contributed by atoms with Crippen LogP contribution in [0.5, 0.6) is 0 Å². The third kappa shape index (κ3) is 5.34. The number of aliphatic carboxylic acids is 1. The summed E-state index contributed by atoms with van der Waals surface area (Å²) in [5.74, 6) is -1.19. The van der Waals surface area contributed by atoms with Gasteiger partial charge in [-0.25, -0.2) is 9.78 Å². The summed E-state index contributed by atoms with van der Waals surface area (Å²) in [6, 6.07) is 7.85. The van der Waals surface area contributed by atoms with Gasteiger partial charge in [-0.05, 0) is 24.6 Å². The standard InChI is InChI=1S/C19H25N5O3S/c1-20-7-12-2-4-13(5-3-12)15-6-14(8-22-15)28-10-17(19(26)27)24-18(25)16-9-21-11-23-16/h2-5,9,11,14-15,17,20,22H,6-8,10H2,1H3,(H,21,23)(H,24,25)(H,26,27)/t14-,15-,17?/m0/s1. The Labute approximate surface area is 167 Å². The van der Waals surface area contributed by atoms with E-state index in [9.17, 15) is 14.7 Å². The van der Waals surface area contributed by atoms with Gasteiger partial charge in [0.15, 0.2) is 0 Å². The monoisotopic (exact) mass is 403 g/mol. The molecule has 1 aliphatic rings. The van der Waals surface area contributed by atoms with Crippen LogP contribution in [-0.4, -0.2) is 57.6 Å². The SMILES string of the molecule is CNCc1ccc([C@@H]2C[C@H](SCC(NC(=O)c3cnc[nH]3)C(=O)O)CN2)cc1. The van der Waals surface area contributed by atoms with Crippen molar-refractivity contribution in [2.75, 3.05) is 19.3 Å². The van der Waals surface area contributed by atoms with Crippen molar-refractivity contribution in [1.82, 2.24) is 25.9 Å². The van der Waals surface area contributed by atoms with Crippen LogP contribution in [-0.2, 0) is 11.3 Å². The maximum Gasteiger partial charge on any atom is 0.327 e. The summed E-state index contributed by atoms with van der Waals surface area (Å²) in [5, 5.41) is 18.9. The molecule has 5 N–H and O–H groups in total. The smallest absolute Gasteiger partial charge is 0.327 e. The number of carboxylic acids is 1. The first kappa shape index (κ1) is 20.4. The summed E-state index contributed by atoms with van der Waals surface area (Å²) in [4.78, 5) is 30.0. The van der Waals surface area contributed by atoms with Gasteiger partial charge >= 0.3 is 5.97 Å². The average molecular weight is 404 g/mol. The van der Waals surface area contributed by atoms with Crippen LogP contribution in [0.2, 0.25) is 0 Å². The number of rotatable bonds is 9. The zero-order valence-electron chi connectivity index (χ0n) is 15.6. The van der Waals surface area contributed by atoms with Crippen LogP contribution in [0.1, 0.15) is 34.1 Å². The third-order valence-corrected chi connectivity index (χ3v) is 6.05. The summed E-state index contributed by atoms with van der Waals surface area (Å²) in [6.07, 6.45) is 3.68. The molecule has 1 aliphatic heterocycles. The van der Waals surface area contributed by atoms with Gasteiger partial charge in [0.1, 0.15) is 11.7 Å². The molecule has 0 aliphatic carbocycles.